The fourth-order valence-corrected chi connectivity index (χ4v) is 4.84. The van der Waals surface area contributed by atoms with Crippen LogP contribution in [-0.2, 0) is 4.79 Å². The number of carbonyl (C=O) groups is 1. The van der Waals surface area contributed by atoms with Crippen LogP contribution in [0, 0.1) is 17.3 Å². The van der Waals surface area contributed by atoms with Gasteiger partial charge in [-0.25, -0.2) is 8.78 Å². The Bertz CT molecular complexity index is 533. The summed E-state index contributed by atoms with van der Waals surface area (Å²) in [7, 11) is 0. The largest absolute Gasteiger partial charge is 0.481 e. The topological polar surface area (TPSA) is 37.3 Å². The molecule has 0 bridgehead atoms. The highest BCUT2D eigenvalue weighted by molar-refractivity contribution is 5.78. The molecule has 2 nitrogen and oxygen atoms in total. The Balaban J connectivity index is 1.69. The van der Waals surface area contributed by atoms with Gasteiger partial charge in [-0.1, -0.05) is 76.5 Å². The molecular weight excluding hydrogens is 358 g/mol. The van der Waals surface area contributed by atoms with Crippen LogP contribution in [0.3, 0.4) is 0 Å². The van der Waals surface area contributed by atoms with Crippen molar-refractivity contribution in [3.8, 4) is 0 Å². The molecule has 0 aromatic carbocycles. The van der Waals surface area contributed by atoms with Gasteiger partial charge in [0.2, 0.25) is 6.43 Å². The van der Waals surface area contributed by atoms with Crippen LogP contribution in [0.4, 0.5) is 8.78 Å². The number of unbranched alkanes of at least 4 members (excludes halogenated alkanes) is 6. The van der Waals surface area contributed by atoms with Gasteiger partial charge in [-0.15, -0.1) is 0 Å². The fourth-order valence-electron chi connectivity index (χ4n) is 4.84. The van der Waals surface area contributed by atoms with Crippen molar-refractivity contribution < 1.29 is 18.7 Å². The van der Waals surface area contributed by atoms with Crippen LogP contribution in [0.1, 0.15) is 96.8 Å². The number of aliphatic carboxylic acids is 1. The predicted octanol–water partition coefficient (Wildman–Crippen LogP) is 7.55. The van der Waals surface area contributed by atoms with Crippen molar-refractivity contribution in [2.24, 2.45) is 17.3 Å². The van der Waals surface area contributed by atoms with Crippen molar-refractivity contribution in [1.82, 2.24) is 0 Å². The van der Waals surface area contributed by atoms with Gasteiger partial charge in [0, 0.05) is 6.42 Å². The Morgan fingerprint density at radius 1 is 1.11 bits per heavy atom. The Morgan fingerprint density at radius 3 is 2.29 bits per heavy atom. The minimum atomic E-state index is -2.60. The summed E-state index contributed by atoms with van der Waals surface area (Å²) in [4.78, 5) is 11.5. The molecule has 160 valence electrons. The zero-order valence-electron chi connectivity index (χ0n) is 17.5. The zero-order valence-corrected chi connectivity index (χ0v) is 17.5. The van der Waals surface area contributed by atoms with Gasteiger partial charge in [0.15, 0.2) is 0 Å². The molecule has 1 N–H and O–H groups in total. The second kappa shape index (κ2) is 11.7. The van der Waals surface area contributed by atoms with Crippen molar-refractivity contribution in [3.63, 3.8) is 0 Å². The van der Waals surface area contributed by atoms with Crippen LogP contribution in [0.2, 0.25) is 0 Å². The van der Waals surface area contributed by atoms with Gasteiger partial charge >= 0.3 is 5.97 Å². The lowest BCUT2D eigenvalue weighted by Crippen LogP contribution is -2.32. The molecule has 0 radical (unpaired) electrons. The highest BCUT2D eigenvalue weighted by atomic mass is 19.3. The molecule has 0 amide bonds. The lowest BCUT2D eigenvalue weighted by atomic mass is 9.72. The molecule has 2 aliphatic carbocycles. The van der Waals surface area contributed by atoms with E-state index in [-0.39, 0.29) is 6.42 Å². The molecule has 1 atom stereocenters. The van der Waals surface area contributed by atoms with Crippen molar-refractivity contribution >= 4 is 5.97 Å². The minimum absolute atomic E-state index is 0.191. The molecule has 2 rings (SSSR count). The third-order valence-electron chi connectivity index (χ3n) is 6.78. The first kappa shape index (κ1) is 23.1. The first-order chi connectivity index (χ1) is 13.5. The van der Waals surface area contributed by atoms with Crippen molar-refractivity contribution in [1.29, 1.82) is 0 Å². The Hall–Kier alpha value is -1.19. The molecule has 0 saturated heterocycles. The van der Waals surface area contributed by atoms with Crippen molar-refractivity contribution in [3.05, 3.63) is 23.8 Å². The number of rotatable bonds is 12. The van der Waals surface area contributed by atoms with Crippen molar-refractivity contribution in [2.75, 3.05) is 0 Å². The van der Waals surface area contributed by atoms with E-state index in [0.717, 1.165) is 18.8 Å². The molecule has 0 aliphatic heterocycles. The van der Waals surface area contributed by atoms with E-state index in [1.54, 1.807) is 0 Å². The summed E-state index contributed by atoms with van der Waals surface area (Å²) < 4.78 is 25.6. The highest BCUT2D eigenvalue weighted by Crippen LogP contribution is 2.41. The fraction of sp³-hybridized carbons (Fsp3) is 0.792. The summed E-state index contributed by atoms with van der Waals surface area (Å²) in [5.41, 5.74) is -0.257. The van der Waals surface area contributed by atoms with E-state index >= 15 is 0 Å². The molecule has 28 heavy (non-hydrogen) atoms. The normalized spacial score (nSPS) is 27.8. The van der Waals surface area contributed by atoms with E-state index in [1.165, 1.54) is 75.9 Å². The summed E-state index contributed by atoms with van der Waals surface area (Å²) in [6, 6.07) is 0. The molecular formula is C24H38F2O2. The summed E-state index contributed by atoms with van der Waals surface area (Å²) in [5, 5.41) is 9.42. The van der Waals surface area contributed by atoms with Crippen LogP contribution in [0.15, 0.2) is 23.8 Å². The van der Waals surface area contributed by atoms with Gasteiger partial charge in [-0.2, -0.15) is 0 Å². The number of hydrogen-bond donors (Lipinski definition) is 1. The Kier molecular flexibility index (Phi) is 9.67. The third kappa shape index (κ3) is 7.00. The highest BCUT2D eigenvalue weighted by Gasteiger charge is 2.40. The van der Waals surface area contributed by atoms with E-state index in [4.69, 9.17) is 0 Å². The lowest BCUT2D eigenvalue weighted by Gasteiger charge is -2.33. The zero-order chi connectivity index (χ0) is 20.4. The second-order valence-corrected chi connectivity index (χ2v) is 8.93. The van der Waals surface area contributed by atoms with E-state index in [2.05, 4.69) is 6.92 Å². The van der Waals surface area contributed by atoms with Crippen molar-refractivity contribution in [2.45, 2.75) is 103 Å². The SMILES string of the molecule is CCCCCCCCCC1CCC(C2=CCC(CC(F)F)(C(=O)O)C=C2)CC1. The molecule has 0 aromatic heterocycles. The number of carboxylic acids is 1. The first-order valence-electron chi connectivity index (χ1n) is 11.4. The smallest absolute Gasteiger partial charge is 0.314 e. The summed E-state index contributed by atoms with van der Waals surface area (Å²) in [6.45, 7) is 2.25. The third-order valence-corrected chi connectivity index (χ3v) is 6.78. The quantitative estimate of drug-likeness (QED) is 0.346. The summed E-state index contributed by atoms with van der Waals surface area (Å²) >= 11 is 0. The second-order valence-electron chi connectivity index (χ2n) is 8.93. The molecule has 0 aromatic rings. The molecule has 1 saturated carbocycles. The Labute approximate surface area is 169 Å². The molecule has 0 heterocycles. The van der Waals surface area contributed by atoms with Crippen LogP contribution in [0.5, 0.6) is 0 Å². The van der Waals surface area contributed by atoms with Crippen LogP contribution < -0.4 is 0 Å². The maximum Gasteiger partial charge on any atom is 0.314 e. The number of hydrogen-bond acceptors (Lipinski definition) is 1. The van der Waals surface area contributed by atoms with Crippen LogP contribution in [-0.4, -0.2) is 17.5 Å². The first-order valence-corrected chi connectivity index (χ1v) is 11.4. The summed E-state index contributed by atoms with van der Waals surface area (Å²) in [6.07, 6.45) is 17.9. The van der Waals surface area contributed by atoms with Crippen LogP contribution >= 0.6 is 0 Å². The number of carboxylic acid groups (broad SMARTS) is 1. The summed E-state index contributed by atoms with van der Waals surface area (Å²) in [5.74, 6) is 0.162. The van der Waals surface area contributed by atoms with E-state index in [0.29, 0.717) is 5.92 Å². The van der Waals surface area contributed by atoms with Gasteiger partial charge in [0.05, 0.1) is 5.41 Å². The molecule has 1 unspecified atom stereocenters. The van der Waals surface area contributed by atoms with Gasteiger partial charge < -0.3 is 5.11 Å². The maximum atomic E-state index is 12.8. The number of allylic oxidation sites excluding steroid dienone is 3. The van der Waals surface area contributed by atoms with E-state index < -0.39 is 24.2 Å². The molecule has 1 fully saturated rings. The monoisotopic (exact) mass is 396 g/mol. The molecule has 2 aliphatic rings. The van der Waals surface area contributed by atoms with E-state index in [1.807, 2.05) is 12.2 Å². The van der Waals surface area contributed by atoms with Gasteiger partial charge in [-0.05, 0) is 49.5 Å². The minimum Gasteiger partial charge on any atom is -0.481 e. The average molecular weight is 397 g/mol. The van der Waals surface area contributed by atoms with Crippen LogP contribution in [0.25, 0.3) is 0 Å². The van der Waals surface area contributed by atoms with E-state index in [9.17, 15) is 18.7 Å². The lowest BCUT2D eigenvalue weighted by molar-refractivity contribution is -0.148. The molecule has 0 spiro atoms. The number of alkyl halides is 2. The molecule has 4 heteroatoms. The number of halogens is 2. The standard InChI is InChI=1S/C24H38F2O2/c1-2-3-4-5-6-7-8-9-19-10-12-20(13-11-19)21-14-16-24(17-15-21,23(27)28)18-22(25)26/h14-16,19-20,22H,2-13,17-18H2,1H3,(H,27,28). The average Bonchev–Trinajstić information content (AvgIpc) is 2.68. The van der Waals surface area contributed by atoms with Gasteiger partial charge in [0.1, 0.15) is 0 Å². The van der Waals surface area contributed by atoms with Gasteiger partial charge in [0.25, 0.3) is 0 Å². The Morgan fingerprint density at radius 2 is 1.75 bits per heavy atom. The maximum absolute atomic E-state index is 12.8. The predicted molar refractivity (Wildman–Crippen MR) is 111 cm³/mol. The van der Waals surface area contributed by atoms with Gasteiger partial charge in [-0.3, -0.25) is 4.79 Å².